The Hall–Kier alpha value is -1.15. The fourth-order valence-corrected chi connectivity index (χ4v) is 2.50. The molecular formula is C16H23NS. The number of rotatable bonds is 1. The van der Waals surface area contributed by atoms with Crippen LogP contribution in [0.25, 0.3) is 10.6 Å². The number of aryl methyl sites for hydroxylation is 1. The average Bonchev–Trinajstić information content (AvgIpc) is 2.82. The minimum absolute atomic E-state index is 0.138. The van der Waals surface area contributed by atoms with Crippen LogP contribution in [0.15, 0.2) is 29.6 Å². The van der Waals surface area contributed by atoms with Crippen molar-refractivity contribution in [2.24, 2.45) is 0 Å². The quantitative estimate of drug-likeness (QED) is 0.666. The Morgan fingerprint density at radius 2 is 1.56 bits per heavy atom. The second kappa shape index (κ2) is 6.14. The fourth-order valence-electron chi connectivity index (χ4n) is 1.45. The molecule has 0 aliphatic carbocycles. The van der Waals surface area contributed by atoms with E-state index < -0.39 is 0 Å². The Morgan fingerprint density at radius 3 is 2.00 bits per heavy atom. The van der Waals surface area contributed by atoms with Gasteiger partial charge in [-0.15, -0.1) is 11.3 Å². The van der Waals surface area contributed by atoms with E-state index in [1.807, 2.05) is 13.8 Å². The molecule has 0 N–H and O–H groups in total. The molecule has 2 aromatic rings. The summed E-state index contributed by atoms with van der Waals surface area (Å²) in [5, 5.41) is 3.28. The summed E-state index contributed by atoms with van der Waals surface area (Å²) in [6.07, 6.45) is 0. The smallest absolute Gasteiger partial charge is 0.123 e. The van der Waals surface area contributed by atoms with Crippen molar-refractivity contribution in [1.29, 1.82) is 0 Å². The van der Waals surface area contributed by atoms with Crippen LogP contribution >= 0.6 is 11.3 Å². The molecule has 0 amide bonds. The number of thiazole rings is 1. The van der Waals surface area contributed by atoms with Gasteiger partial charge in [-0.25, -0.2) is 4.98 Å². The molecule has 0 saturated heterocycles. The fraction of sp³-hybridized carbons (Fsp3) is 0.438. The third kappa shape index (κ3) is 3.67. The highest BCUT2D eigenvalue weighted by Crippen LogP contribution is 2.29. The van der Waals surface area contributed by atoms with Crippen LogP contribution in [0, 0.1) is 6.92 Å². The lowest BCUT2D eigenvalue weighted by molar-refractivity contribution is 0.573. The van der Waals surface area contributed by atoms with Gasteiger partial charge in [-0.2, -0.15) is 0 Å². The molecular weight excluding hydrogens is 238 g/mol. The Labute approximate surface area is 115 Å². The minimum atomic E-state index is 0.138. The monoisotopic (exact) mass is 261 g/mol. The van der Waals surface area contributed by atoms with Crippen LogP contribution in [0.4, 0.5) is 0 Å². The lowest BCUT2D eigenvalue weighted by atomic mass is 9.93. The molecule has 0 aliphatic heterocycles. The zero-order chi connectivity index (χ0) is 13.8. The summed E-state index contributed by atoms with van der Waals surface area (Å²) in [7, 11) is 0. The van der Waals surface area contributed by atoms with Crippen molar-refractivity contribution in [1.82, 2.24) is 4.98 Å². The van der Waals surface area contributed by atoms with Crippen LogP contribution in [0.1, 0.15) is 45.9 Å². The van der Waals surface area contributed by atoms with Crippen molar-refractivity contribution in [3.63, 3.8) is 0 Å². The lowest BCUT2D eigenvalue weighted by Gasteiger charge is -2.14. The van der Waals surface area contributed by atoms with Gasteiger partial charge in [-0.1, -0.05) is 64.4 Å². The van der Waals surface area contributed by atoms with Gasteiger partial charge in [-0.3, -0.25) is 0 Å². The van der Waals surface area contributed by atoms with Crippen LogP contribution in [-0.2, 0) is 5.41 Å². The molecule has 2 rings (SSSR count). The van der Waals surface area contributed by atoms with E-state index in [1.165, 1.54) is 16.8 Å². The molecule has 0 atom stereocenters. The highest BCUT2D eigenvalue weighted by atomic mass is 32.1. The predicted molar refractivity (Wildman–Crippen MR) is 82.3 cm³/mol. The van der Waals surface area contributed by atoms with E-state index in [1.54, 1.807) is 11.3 Å². The highest BCUT2D eigenvalue weighted by molar-refractivity contribution is 7.13. The molecule has 1 heterocycles. The van der Waals surface area contributed by atoms with E-state index in [-0.39, 0.29) is 5.41 Å². The number of benzene rings is 1. The molecule has 0 unspecified atom stereocenters. The second-order valence-corrected chi connectivity index (χ2v) is 6.01. The van der Waals surface area contributed by atoms with Gasteiger partial charge in [0.25, 0.3) is 0 Å². The first-order valence-electron chi connectivity index (χ1n) is 6.50. The standard InChI is InChI=1S/C14H17NS.C2H6/c1-10-5-7-11(8-6-10)13-15-12(9-16-13)14(2,3)4;1-2/h5-9H,1-4H3;1-2H3. The number of aromatic nitrogens is 1. The average molecular weight is 261 g/mol. The van der Waals surface area contributed by atoms with Gasteiger partial charge in [0.15, 0.2) is 0 Å². The Kier molecular flexibility index (Phi) is 5.09. The summed E-state index contributed by atoms with van der Waals surface area (Å²) in [4.78, 5) is 4.70. The summed E-state index contributed by atoms with van der Waals surface area (Å²) >= 11 is 1.72. The SMILES string of the molecule is CC.Cc1ccc(-c2nc(C(C)(C)C)cs2)cc1. The van der Waals surface area contributed by atoms with Crippen molar-refractivity contribution in [2.45, 2.75) is 47.0 Å². The van der Waals surface area contributed by atoms with Gasteiger partial charge >= 0.3 is 0 Å². The zero-order valence-electron chi connectivity index (χ0n) is 12.2. The van der Waals surface area contributed by atoms with Gasteiger partial charge in [-0.05, 0) is 6.92 Å². The summed E-state index contributed by atoms with van der Waals surface area (Å²) in [5.74, 6) is 0. The van der Waals surface area contributed by atoms with Gasteiger partial charge < -0.3 is 0 Å². The maximum Gasteiger partial charge on any atom is 0.123 e. The third-order valence-corrected chi connectivity index (χ3v) is 3.46. The maximum absolute atomic E-state index is 4.70. The van der Waals surface area contributed by atoms with Gasteiger partial charge in [0.05, 0.1) is 5.69 Å². The van der Waals surface area contributed by atoms with Crippen LogP contribution in [0.3, 0.4) is 0 Å². The van der Waals surface area contributed by atoms with E-state index in [9.17, 15) is 0 Å². The Morgan fingerprint density at radius 1 is 1.00 bits per heavy atom. The van der Waals surface area contributed by atoms with Crippen LogP contribution < -0.4 is 0 Å². The van der Waals surface area contributed by atoms with E-state index in [0.717, 1.165) is 5.01 Å². The van der Waals surface area contributed by atoms with Crippen LogP contribution in [0.2, 0.25) is 0 Å². The largest absolute Gasteiger partial charge is 0.241 e. The molecule has 0 fully saturated rings. The normalized spacial score (nSPS) is 10.8. The molecule has 98 valence electrons. The summed E-state index contributed by atoms with van der Waals surface area (Å²) in [6, 6.07) is 8.54. The van der Waals surface area contributed by atoms with Gasteiger partial charge in [0.1, 0.15) is 5.01 Å². The summed E-state index contributed by atoms with van der Waals surface area (Å²) in [5.41, 5.74) is 3.81. The van der Waals surface area contributed by atoms with Crippen LogP contribution in [-0.4, -0.2) is 4.98 Å². The van der Waals surface area contributed by atoms with Crippen molar-refractivity contribution in [2.75, 3.05) is 0 Å². The van der Waals surface area contributed by atoms with Crippen LogP contribution in [0.5, 0.6) is 0 Å². The molecule has 0 aliphatic rings. The Balaban J connectivity index is 0.000000771. The van der Waals surface area contributed by atoms with Gasteiger partial charge in [0, 0.05) is 16.4 Å². The van der Waals surface area contributed by atoms with Gasteiger partial charge in [0.2, 0.25) is 0 Å². The van der Waals surface area contributed by atoms with E-state index in [4.69, 9.17) is 4.98 Å². The second-order valence-electron chi connectivity index (χ2n) is 5.15. The van der Waals surface area contributed by atoms with E-state index in [2.05, 4.69) is 57.3 Å². The predicted octanol–water partition coefficient (Wildman–Crippen LogP) is 5.44. The summed E-state index contributed by atoms with van der Waals surface area (Å²) < 4.78 is 0. The van der Waals surface area contributed by atoms with Crippen molar-refractivity contribution < 1.29 is 0 Å². The first-order valence-corrected chi connectivity index (χ1v) is 7.38. The number of nitrogens with zero attached hydrogens (tertiary/aromatic N) is 1. The summed E-state index contributed by atoms with van der Waals surface area (Å²) in [6.45, 7) is 12.7. The lowest BCUT2D eigenvalue weighted by Crippen LogP contribution is -2.11. The molecule has 1 nitrogen and oxygen atoms in total. The molecule has 18 heavy (non-hydrogen) atoms. The minimum Gasteiger partial charge on any atom is -0.241 e. The first-order chi connectivity index (χ1) is 8.47. The molecule has 0 radical (unpaired) electrons. The number of hydrogen-bond donors (Lipinski definition) is 0. The molecule has 0 spiro atoms. The van der Waals surface area contributed by atoms with E-state index >= 15 is 0 Å². The molecule has 1 aromatic heterocycles. The van der Waals surface area contributed by atoms with Crippen molar-refractivity contribution >= 4 is 11.3 Å². The third-order valence-electron chi connectivity index (χ3n) is 2.57. The van der Waals surface area contributed by atoms with E-state index in [0.29, 0.717) is 0 Å². The number of hydrogen-bond acceptors (Lipinski definition) is 2. The topological polar surface area (TPSA) is 12.9 Å². The molecule has 1 aromatic carbocycles. The maximum atomic E-state index is 4.70. The molecule has 0 saturated carbocycles. The first kappa shape index (κ1) is 14.9. The Bertz CT molecular complexity index is 475. The molecule has 2 heteroatoms. The molecule has 0 bridgehead atoms. The highest BCUT2D eigenvalue weighted by Gasteiger charge is 2.17. The zero-order valence-corrected chi connectivity index (χ0v) is 13.1. The van der Waals surface area contributed by atoms with Crippen molar-refractivity contribution in [3.8, 4) is 10.6 Å². The van der Waals surface area contributed by atoms with Crippen molar-refractivity contribution in [3.05, 3.63) is 40.9 Å².